The molecule has 2 N–H and O–H groups in total. The number of aromatic amines is 1. The SMILES string of the molecule is COc1cccc(-c2[nH]ncc2C(=O)NCc2noc(-c3ccco3)n2)c1. The molecule has 1 aromatic carbocycles. The Labute approximate surface area is 153 Å². The van der Waals surface area contributed by atoms with Gasteiger partial charge in [0.15, 0.2) is 11.6 Å². The Morgan fingerprint density at radius 1 is 1.30 bits per heavy atom. The molecule has 136 valence electrons. The highest BCUT2D eigenvalue weighted by atomic mass is 16.5. The first-order valence-electron chi connectivity index (χ1n) is 8.07. The third kappa shape index (κ3) is 3.43. The third-order valence-electron chi connectivity index (χ3n) is 3.85. The van der Waals surface area contributed by atoms with Crippen molar-refractivity contribution in [3.05, 3.63) is 60.2 Å². The summed E-state index contributed by atoms with van der Waals surface area (Å²) in [5, 5.41) is 13.4. The van der Waals surface area contributed by atoms with E-state index in [2.05, 4.69) is 25.7 Å². The Morgan fingerprint density at radius 3 is 3.04 bits per heavy atom. The van der Waals surface area contributed by atoms with Crippen LogP contribution in [0.5, 0.6) is 5.75 Å². The van der Waals surface area contributed by atoms with Crippen molar-refractivity contribution in [2.45, 2.75) is 6.54 Å². The third-order valence-corrected chi connectivity index (χ3v) is 3.85. The van der Waals surface area contributed by atoms with Gasteiger partial charge in [0, 0.05) is 5.56 Å². The first-order valence-corrected chi connectivity index (χ1v) is 8.07. The fourth-order valence-electron chi connectivity index (χ4n) is 2.54. The lowest BCUT2D eigenvalue weighted by Crippen LogP contribution is -2.23. The first kappa shape index (κ1) is 16.6. The number of hydrogen-bond acceptors (Lipinski definition) is 7. The Bertz CT molecular complexity index is 1050. The molecule has 0 aliphatic heterocycles. The van der Waals surface area contributed by atoms with Crippen LogP contribution >= 0.6 is 0 Å². The van der Waals surface area contributed by atoms with E-state index in [9.17, 15) is 4.79 Å². The molecule has 0 atom stereocenters. The molecule has 0 aliphatic rings. The molecule has 0 bridgehead atoms. The maximum atomic E-state index is 12.6. The van der Waals surface area contributed by atoms with Gasteiger partial charge in [-0.05, 0) is 24.3 Å². The van der Waals surface area contributed by atoms with Gasteiger partial charge in [-0.3, -0.25) is 9.89 Å². The first-order chi connectivity index (χ1) is 13.2. The molecule has 0 aliphatic carbocycles. The molecule has 9 nitrogen and oxygen atoms in total. The number of carbonyl (C=O) groups excluding carboxylic acids is 1. The van der Waals surface area contributed by atoms with Crippen molar-refractivity contribution in [3.63, 3.8) is 0 Å². The van der Waals surface area contributed by atoms with Crippen LogP contribution < -0.4 is 10.1 Å². The molecule has 0 fully saturated rings. The number of hydrogen-bond donors (Lipinski definition) is 2. The van der Waals surface area contributed by atoms with Crippen LogP contribution in [0.4, 0.5) is 0 Å². The lowest BCUT2D eigenvalue weighted by atomic mass is 10.1. The molecule has 0 radical (unpaired) electrons. The normalized spacial score (nSPS) is 10.7. The summed E-state index contributed by atoms with van der Waals surface area (Å²) in [6.07, 6.45) is 2.98. The number of methoxy groups -OCH3 is 1. The molecule has 3 aromatic heterocycles. The Hall–Kier alpha value is -3.88. The van der Waals surface area contributed by atoms with Gasteiger partial charge in [-0.15, -0.1) is 0 Å². The van der Waals surface area contributed by atoms with Crippen molar-refractivity contribution in [1.82, 2.24) is 25.7 Å². The van der Waals surface area contributed by atoms with Crippen LogP contribution in [0, 0.1) is 0 Å². The average Bonchev–Trinajstić information content (AvgIpc) is 3.47. The fraction of sp³-hybridized carbons (Fsp3) is 0.111. The fourth-order valence-corrected chi connectivity index (χ4v) is 2.54. The largest absolute Gasteiger partial charge is 0.497 e. The summed E-state index contributed by atoms with van der Waals surface area (Å²) in [6, 6.07) is 10.8. The topological polar surface area (TPSA) is 119 Å². The quantitative estimate of drug-likeness (QED) is 0.539. The number of nitrogens with zero attached hydrogens (tertiary/aromatic N) is 3. The summed E-state index contributed by atoms with van der Waals surface area (Å²) >= 11 is 0. The lowest BCUT2D eigenvalue weighted by molar-refractivity contribution is 0.0950. The van der Waals surface area contributed by atoms with Crippen LogP contribution in [0.25, 0.3) is 22.9 Å². The van der Waals surface area contributed by atoms with Crippen molar-refractivity contribution in [2.75, 3.05) is 7.11 Å². The van der Waals surface area contributed by atoms with Crippen LogP contribution in [0.15, 0.2) is 57.8 Å². The van der Waals surface area contributed by atoms with Crippen molar-refractivity contribution in [2.24, 2.45) is 0 Å². The van der Waals surface area contributed by atoms with Crippen LogP contribution in [-0.2, 0) is 6.54 Å². The summed E-state index contributed by atoms with van der Waals surface area (Å²) in [6.45, 7) is 0.103. The molecule has 27 heavy (non-hydrogen) atoms. The Kier molecular flexibility index (Phi) is 4.40. The van der Waals surface area contributed by atoms with Crippen LogP contribution in [0.2, 0.25) is 0 Å². The minimum atomic E-state index is -0.314. The number of amides is 1. The van der Waals surface area contributed by atoms with Crippen LogP contribution in [0.1, 0.15) is 16.2 Å². The van der Waals surface area contributed by atoms with Crippen molar-refractivity contribution in [1.29, 1.82) is 0 Å². The van der Waals surface area contributed by atoms with Gasteiger partial charge in [0.25, 0.3) is 11.8 Å². The second-order valence-electron chi connectivity index (χ2n) is 5.57. The van der Waals surface area contributed by atoms with E-state index >= 15 is 0 Å². The number of aromatic nitrogens is 4. The number of nitrogens with one attached hydrogen (secondary N) is 2. The molecular weight excluding hydrogens is 350 g/mol. The van der Waals surface area contributed by atoms with Gasteiger partial charge in [0.2, 0.25) is 0 Å². The zero-order valence-electron chi connectivity index (χ0n) is 14.3. The zero-order chi connectivity index (χ0) is 18.6. The van der Waals surface area contributed by atoms with E-state index in [-0.39, 0.29) is 18.3 Å². The van der Waals surface area contributed by atoms with E-state index in [0.29, 0.717) is 28.6 Å². The molecule has 4 rings (SSSR count). The number of carbonyl (C=O) groups is 1. The molecule has 3 heterocycles. The predicted molar refractivity (Wildman–Crippen MR) is 93.7 cm³/mol. The minimum Gasteiger partial charge on any atom is -0.497 e. The monoisotopic (exact) mass is 365 g/mol. The number of H-pyrrole nitrogens is 1. The molecule has 0 spiro atoms. The van der Waals surface area contributed by atoms with Gasteiger partial charge in [-0.25, -0.2) is 0 Å². The number of furan rings is 1. The zero-order valence-corrected chi connectivity index (χ0v) is 14.3. The highest BCUT2D eigenvalue weighted by molar-refractivity contribution is 5.99. The minimum absolute atomic E-state index is 0.103. The van der Waals surface area contributed by atoms with E-state index in [1.165, 1.54) is 12.5 Å². The van der Waals surface area contributed by atoms with E-state index in [0.717, 1.165) is 5.56 Å². The highest BCUT2D eigenvalue weighted by Gasteiger charge is 2.17. The van der Waals surface area contributed by atoms with Gasteiger partial charge < -0.3 is 19.0 Å². The molecule has 0 saturated heterocycles. The van der Waals surface area contributed by atoms with Crippen LogP contribution in [-0.4, -0.2) is 33.4 Å². The summed E-state index contributed by atoms with van der Waals surface area (Å²) in [4.78, 5) is 16.7. The summed E-state index contributed by atoms with van der Waals surface area (Å²) in [5.74, 6) is 1.43. The van der Waals surface area contributed by atoms with E-state index in [4.69, 9.17) is 13.7 Å². The number of ether oxygens (including phenoxy) is 1. The maximum Gasteiger partial charge on any atom is 0.293 e. The van der Waals surface area contributed by atoms with Gasteiger partial charge in [-0.1, -0.05) is 17.3 Å². The van der Waals surface area contributed by atoms with Gasteiger partial charge in [-0.2, -0.15) is 10.1 Å². The van der Waals surface area contributed by atoms with E-state index < -0.39 is 0 Å². The summed E-state index contributed by atoms with van der Waals surface area (Å²) in [7, 11) is 1.58. The van der Waals surface area contributed by atoms with Gasteiger partial charge >= 0.3 is 0 Å². The molecule has 4 aromatic rings. The molecule has 1 amide bonds. The second kappa shape index (κ2) is 7.16. The van der Waals surface area contributed by atoms with Crippen molar-refractivity contribution in [3.8, 4) is 28.7 Å². The highest BCUT2D eigenvalue weighted by Crippen LogP contribution is 2.25. The Morgan fingerprint density at radius 2 is 2.22 bits per heavy atom. The molecular formula is C18H15N5O4. The Balaban J connectivity index is 1.47. The summed E-state index contributed by atoms with van der Waals surface area (Å²) < 4.78 is 15.5. The van der Waals surface area contributed by atoms with Crippen molar-refractivity contribution >= 4 is 5.91 Å². The smallest absolute Gasteiger partial charge is 0.293 e. The van der Waals surface area contributed by atoms with Gasteiger partial charge in [0.1, 0.15) is 5.75 Å². The van der Waals surface area contributed by atoms with E-state index in [1.807, 2.05) is 24.3 Å². The average molecular weight is 365 g/mol. The van der Waals surface area contributed by atoms with Crippen LogP contribution in [0.3, 0.4) is 0 Å². The van der Waals surface area contributed by atoms with Gasteiger partial charge in [0.05, 0.1) is 37.4 Å². The summed E-state index contributed by atoms with van der Waals surface area (Å²) in [5.41, 5.74) is 1.78. The predicted octanol–water partition coefficient (Wildman–Crippen LogP) is 2.66. The molecule has 0 unspecified atom stereocenters. The van der Waals surface area contributed by atoms with E-state index in [1.54, 1.807) is 19.2 Å². The lowest BCUT2D eigenvalue weighted by Gasteiger charge is -2.06. The van der Waals surface area contributed by atoms with Crippen molar-refractivity contribution < 1.29 is 18.5 Å². The number of rotatable bonds is 6. The second-order valence-corrected chi connectivity index (χ2v) is 5.57. The molecule has 9 heteroatoms. The number of benzene rings is 1. The standard InChI is InChI=1S/C18H15N5O4/c1-25-12-5-2-4-11(8-12)16-13(9-20-22-16)17(24)19-10-15-21-18(27-23-15)14-6-3-7-26-14/h2-9H,10H2,1H3,(H,19,24)(H,20,22). The maximum absolute atomic E-state index is 12.6. The molecule has 0 saturated carbocycles.